The van der Waals surface area contributed by atoms with Crippen LogP contribution in [0.15, 0.2) is 0 Å². The van der Waals surface area contributed by atoms with Gasteiger partial charge in [-0.3, -0.25) is 4.79 Å². The monoisotopic (exact) mass is 280 g/mol. The first-order valence-electron chi connectivity index (χ1n) is 6.34. The van der Waals surface area contributed by atoms with Crippen LogP contribution >= 0.6 is 11.6 Å². The number of hydrogen-bond donors (Lipinski definition) is 3. The Hall–Kier alpha value is -1.51. The van der Waals surface area contributed by atoms with Crippen molar-refractivity contribution in [1.82, 2.24) is 15.6 Å². The number of hydrogen-bond acceptors (Lipinski definition) is 3. The van der Waals surface area contributed by atoms with Crippen molar-refractivity contribution >= 4 is 17.5 Å². The largest absolute Gasteiger partial charge is 0.352 e. The maximum atomic E-state index is 12.2. The molecule has 1 saturated heterocycles. The van der Waals surface area contributed by atoms with Crippen molar-refractivity contribution in [2.24, 2.45) is 5.92 Å². The van der Waals surface area contributed by atoms with Crippen LogP contribution in [-0.2, 0) is 0 Å². The highest BCUT2D eigenvalue weighted by atomic mass is 35.5. The number of halogens is 1. The predicted molar refractivity (Wildman–Crippen MR) is 73.2 cm³/mol. The molecule has 5 nitrogen and oxygen atoms in total. The molecule has 0 radical (unpaired) electrons. The average molecular weight is 281 g/mol. The third-order valence-corrected chi connectivity index (χ3v) is 4.02. The molecule has 0 saturated carbocycles. The Morgan fingerprint density at radius 2 is 2.32 bits per heavy atom. The van der Waals surface area contributed by atoms with Crippen molar-refractivity contribution in [2.45, 2.75) is 26.3 Å². The second-order valence-corrected chi connectivity index (χ2v) is 5.35. The van der Waals surface area contributed by atoms with Gasteiger partial charge in [-0.15, -0.1) is 0 Å². The van der Waals surface area contributed by atoms with Gasteiger partial charge < -0.3 is 15.6 Å². The zero-order valence-corrected chi connectivity index (χ0v) is 11.8. The SMILES string of the molecule is Cc1[nH]c(C(=O)N[C@@H]2CCNC[C@@H]2C)c(C#N)c1Cl. The van der Waals surface area contributed by atoms with Crippen molar-refractivity contribution in [3.63, 3.8) is 0 Å². The van der Waals surface area contributed by atoms with Gasteiger partial charge in [-0.05, 0) is 32.4 Å². The lowest BCUT2D eigenvalue weighted by Gasteiger charge is -2.30. The number of rotatable bonds is 2. The molecule has 102 valence electrons. The van der Waals surface area contributed by atoms with Gasteiger partial charge in [0.1, 0.15) is 17.3 Å². The normalized spacial score (nSPS) is 22.8. The summed E-state index contributed by atoms with van der Waals surface area (Å²) in [5.41, 5.74) is 1.12. The standard InChI is InChI=1S/C13H17ClN4O/c1-7-6-16-4-3-10(7)18-13(19)12-9(5-15)11(14)8(2)17-12/h7,10,16-17H,3-4,6H2,1-2H3,(H,18,19)/t7-,10+/m0/s1. The number of nitrogens with one attached hydrogen (secondary N) is 3. The Morgan fingerprint density at radius 1 is 1.58 bits per heavy atom. The molecule has 1 aliphatic rings. The van der Waals surface area contributed by atoms with Gasteiger partial charge in [0.2, 0.25) is 0 Å². The number of nitriles is 1. The van der Waals surface area contributed by atoms with E-state index in [0.717, 1.165) is 19.5 Å². The number of aryl methyl sites for hydroxylation is 1. The first-order chi connectivity index (χ1) is 9.04. The topological polar surface area (TPSA) is 80.7 Å². The smallest absolute Gasteiger partial charge is 0.269 e. The Balaban J connectivity index is 2.16. The van der Waals surface area contributed by atoms with Crippen LogP contribution in [0.2, 0.25) is 5.02 Å². The van der Waals surface area contributed by atoms with E-state index in [-0.39, 0.29) is 23.2 Å². The van der Waals surface area contributed by atoms with Gasteiger partial charge in [0.25, 0.3) is 5.91 Å². The highest BCUT2D eigenvalue weighted by Gasteiger charge is 2.26. The highest BCUT2D eigenvalue weighted by molar-refractivity contribution is 6.33. The van der Waals surface area contributed by atoms with Crippen molar-refractivity contribution in [3.8, 4) is 6.07 Å². The van der Waals surface area contributed by atoms with E-state index in [9.17, 15) is 4.79 Å². The van der Waals surface area contributed by atoms with Crippen LogP contribution in [0.1, 0.15) is 35.1 Å². The lowest BCUT2D eigenvalue weighted by Crippen LogP contribution is -2.48. The third kappa shape index (κ3) is 2.75. The van der Waals surface area contributed by atoms with Crippen molar-refractivity contribution < 1.29 is 4.79 Å². The summed E-state index contributed by atoms with van der Waals surface area (Å²) in [6.45, 7) is 5.62. The lowest BCUT2D eigenvalue weighted by atomic mass is 9.95. The van der Waals surface area contributed by atoms with E-state index in [1.807, 2.05) is 6.07 Å². The number of amides is 1. The Labute approximate surface area is 117 Å². The molecule has 1 aliphatic heterocycles. The maximum absolute atomic E-state index is 12.2. The number of carbonyl (C=O) groups is 1. The van der Waals surface area contributed by atoms with Crippen LogP contribution < -0.4 is 10.6 Å². The van der Waals surface area contributed by atoms with Crippen LogP contribution in [0.4, 0.5) is 0 Å². The molecule has 19 heavy (non-hydrogen) atoms. The van der Waals surface area contributed by atoms with E-state index in [4.69, 9.17) is 16.9 Å². The Morgan fingerprint density at radius 3 is 2.95 bits per heavy atom. The fraction of sp³-hybridized carbons (Fsp3) is 0.538. The highest BCUT2D eigenvalue weighted by Crippen LogP contribution is 2.23. The van der Waals surface area contributed by atoms with Crippen LogP contribution in [0.3, 0.4) is 0 Å². The summed E-state index contributed by atoms with van der Waals surface area (Å²) in [6, 6.07) is 2.11. The summed E-state index contributed by atoms with van der Waals surface area (Å²) in [5, 5.41) is 15.7. The lowest BCUT2D eigenvalue weighted by molar-refractivity contribution is 0.0909. The summed E-state index contributed by atoms with van der Waals surface area (Å²) in [6.07, 6.45) is 0.891. The quantitative estimate of drug-likeness (QED) is 0.769. The zero-order valence-electron chi connectivity index (χ0n) is 11.0. The van der Waals surface area contributed by atoms with Gasteiger partial charge in [-0.1, -0.05) is 18.5 Å². The minimum atomic E-state index is -0.259. The second-order valence-electron chi connectivity index (χ2n) is 4.98. The van der Waals surface area contributed by atoms with Gasteiger partial charge >= 0.3 is 0 Å². The third-order valence-electron chi connectivity index (χ3n) is 3.55. The maximum Gasteiger partial charge on any atom is 0.269 e. The molecule has 0 aromatic carbocycles. The Bertz CT molecular complexity index is 531. The first-order valence-corrected chi connectivity index (χ1v) is 6.72. The van der Waals surface area contributed by atoms with Gasteiger partial charge in [0.05, 0.1) is 5.02 Å². The molecule has 6 heteroatoms. The van der Waals surface area contributed by atoms with E-state index < -0.39 is 0 Å². The molecular weight excluding hydrogens is 264 g/mol. The minimum Gasteiger partial charge on any atom is -0.352 e. The number of aromatic nitrogens is 1. The fourth-order valence-electron chi connectivity index (χ4n) is 2.35. The molecule has 0 spiro atoms. The molecule has 2 atom stereocenters. The van der Waals surface area contributed by atoms with E-state index in [1.54, 1.807) is 6.92 Å². The van der Waals surface area contributed by atoms with Gasteiger partial charge in [-0.25, -0.2) is 0 Å². The Kier molecular flexibility index (Phi) is 4.13. The van der Waals surface area contributed by atoms with E-state index in [1.165, 1.54) is 0 Å². The average Bonchev–Trinajstić information content (AvgIpc) is 2.68. The van der Waals surface area contributed by atoms with E-state index in [0.29, 0.717) is 16.6 Å². The van der Waals surface area contributed by atoms with Crippen LogP contribution in [0.5, 0.6) is 0 Å². The number of carbonyl (C=O) groups excluding carboxylic acids is 1. The summed E-state index contributed by atoms with van der Waals surface area (Å²) in [4.78, 5) is 15.1. The predicted octanol–water partition coefficient (Wildman–Crippen LogP) is 1.58. The molecule has 3 N–H and O–H groups in total. The summed E-state index contributed by atoms with van der Waals surface area (Å²) >= 11 is 5.99. The van der Waals surface area contributed by atoms with E-state index >= 15 is 0 Å². The molecule has 0 bridgehead atoms. The molecule has 2 heterocycles. The van der Waals surface area contributed by atoms with Crippen molar-refractivity contribution in [2.75, 3.05) is 13.1 Å². The number of H-pyrrole nitrogens is 1. The number of piperidine rings is 1. The van der Waals surface area contributed by atoms with Crippen LogP contribution in [0.25, 0.3) is 0 Å². The van der Waals surface area contributed by atoms with Crippen LogP contribution in [-0.4, -0.2) is 30.0 Å². The fourth-order valence-corrected chi connectivity index (χ4v) is 2.53. The zero-order chi connectivity index (χ0) is 14.0. The van der Waals surface area contributed by atoms with Crippen LogP contribution in [0, 0.1) is 24.2 Å². The first kappa shape index (κ1) is 13.9. The molecule has 2 rings (SSSR count). The van der Waals surface area contributed by atoms with Crippen molar-refractivity contribution in [3.05, 3.63) is 22.0 Å². The minimum absolute atomic E-state index is 0.127. The molecule has 0 aliphatic carbocycles. The number of aromatic amines is 1. The molecule has 1 amide bonds. The van der Waals surface area contributed by atoms with Crippen molar-refractivity contribution in [1.29, 1.82) is 5.26 Å². The molecule has 0 unspecified atom stereocenters. The summed E-state index contributed by atoms with van der Waals surface area (Å²) in [7, 11) is 0. The number of nitrogens with zero attached hydrogens (tertiary/aromatic N) is 1. The summed E-state index contributed by atoms with van der Waals surface area (Å²) in [5.74, 6) is 0.111. The van der Waals surface area contributed by atoms with Gasteiger partial charge in [0, 0.05) is 11.7 Å². The molecule has 1 aromatic rings. The van der Waals surface area contributed by atoms with Gasteiger partial charge in [0.15, 0.2) is 0 Å². The van der Waals surface area contributed by atoms with E-state index in [2.05, 4.69) is 22.5 Å². The van der Waals surface area contributed by atoms with Gasteiger partial charge in [-0.2, -0.15) is 5.26 Å². The second kappa shape index (κ2) is 5.64. The summed E-state index contributed by atoms with van der Waals surface area (Å²) < 4.78 is 0. The molecule has 1 fully saturated rings. The molecular formula is C13H17ClN4O. The molecule has 1 aromatic heterocycles.